The van der Waals surface area contributed by atoms with E-state index in [0.717, 1.165) is 29.8 Å². The first-order valence-corrected chi connectivity index (χ1v) is 10.9. The molecule has 0 aliphatic carbocycles. The highest BCUT2D eigenvalue weighted by molar-refractivity contribution is 5.93. The first kappa shape index (κ1) is 21.0. The topological polar surface area (TPSA) is 59.8 Å². The third kappa shape index (κ3) is 6.14. The Balaban J connectivity index is 1.57. The van der Waals surface area contributed by atoms with Crippen LogP contribution < -0.4 is 5.32 Å². The molecule has 0 aliphatic heterocycles. The van der Waals surface area contributed by atoms with Gasteiger partial charge in [0.25, 0.3) is 5.91 Å². The number of amides is 1. The summed E-state index contributed by atoms with van der Waals surface area (Å²) >= 11 is 0. The summed E-state index contributed by atoms with van der Waals surface area (Å²) in [6.07, 6.45) is 13.6. The lowest BCUT2D eigenvalue weighted by molar-refractivity contribution is 0.0949. The summed E-state index contributed by atoms with van der Waals surface area (Å²) < 4.78 is 2.26. The molecular formula is C24H32N4O. The average Bonchev–Trinajstić information content (AvgIpc) is 3.12. The van der Waals surface area contributed by atoms with Crippen molar-refractivity contribution in [1.29, 1.82) is 0 Å². The van der Waals surface area contributed by atoms with Crippen molar-refractivity contribution in [2.24, 2.45) is 0 Å². The fourth-order valence-corrected chi connectivity index (χ4v) is 3.68. The van der Waals surface area contributed by atoms with E-state index < -0.39 is 0 Å². The molecule has 2 heterocycles. The normalized spacial score (nSPS) is 11.1. The van der Waals surface area contributed by atoms with Crippen LogP contribution in [0.25, 0.3) is 11.0 Å². The predicted octanol–water partition coefficient (Wildman–Crippen LogP) is 5.50. The number of rotatable bonds is 12. The number of carbonyl (C=O) groups is 1. The van der Waals surface area contributed by atoms with Crippen molar-refractivity contribution in [1.82, 2.24) is 19.9 Å². The summed E-state index contributed by atoms with van der Waals surface area (Å²) in [7, 11) is 0. The predicted molar refractivity (Wildman–Crippen MR) is 118 cm³/mol. The van der Waals surface area contributed by atoms with E-state index >= 15 is 0 Å². The molecule has 5 heteroatoms. The van der Waals surface area contributed by atoms with E-state index in [9.17, 15) is 4.79 Å². The number of carbonyl (C=O) groups excluding carboxylic acids is 1. The second kappa shape index (κ2) is 11.3. The van der Waals surface area contributed by atoms with Gasteiger partial charge in [-0.25, -0.2) is 4.98 Å². The minimum absolute atomic E-state index is 0.0990. The molecular weight excluding hydrogens is 360 g/mol. The number of pyridine rings is 1. The average molecular weight is 393 g/mol. The van der Waals surface area contributed by atoms with Crippen molar-refractivity contribution in [3.63, 3.8) is 0 Å². The Morgan fingerprint density at radius 3 is 2.38 bits per heavy atom. The second-order valence-electron chi connectivity index (χ2n) is 7.56. The first-order chi connectivity index (χ1) is 14.3. The Kier molecular flexibility index (Phi) is 8.23. The summed E-state index contributed by atoms with van der Waals surface area (Å²) in [4.78, 5) is 21.1. The molecule has 0 saturated heterocycles. The summed E-state index contributed by atoms with van der Waals surface area (Å²) in [6.45, 7) is 3.62. The standard InChI is InChI=1S/C24H32N4O/c1-2-3-4-5-6-7-8-11-18-28-22-13-10-9-12-21(22)27-23(28)19-26-24(29)20-14-16-25-17-15-20/h9-10,12-17H,2-8,11,18-19H2,1H3,(H,26,29). The van der Waals surface area contributed by atoms with Gasteiger partial charge in [-0.15, -0.1) is 0 Å². The lowest BCUT2D eigenvalue weighted by atomic mass is 10.1. The Morgan fingerprint density at radius 1 is 0.931 bits per heavy atom. The van der Waals surface area contributed by atoms with Crippen LogP contribution in [-0.4, -0.2) is 20.4 Å². The Bertz CT molecular complexity index is 888. The van der Waals surface area contributed by atoms with Crippen LogP contribution in [0.15, 0.2) is 48.8 Å². The molecule has 2 aromatic heterocycles. The summed E-state index contributed by atoms with van der Waals surface area (Å²) in [5.74, 6) is 0.814. The molecule has 5 nitrogen and oxygen atoms in total. The lowest BCUT2D eigenvalue weighted by Crippen LogP contribution is -2.24. The highest BCUT2D eigenvalue weighted by Gasteiger charge is 2.12. The molecule has 0 atom stereocenters. The van der Waals surface area contributed by atoms with Crippen molar-refractivity contribution in [3.8, 4) is 0 Å². The van der Waals surface area contributed by atoms with Crippen molar-refractivity contribution >= 4 is 16.9 Å². The number of aryl methyl sites for hydroxylation is 1. The van der Waals surface area contributed by atoms with Crippen LogP contribution in [0, 0.1) is 0 Å². The van der Waals surface area contributed by atoms with Gasteiger partial charge in [0.05, 0.1) is 17.6 Å². The minimum atomic E-state index is -0.0990. The van der Waals surface area contributed by atoms with Crippen LogP contribution in [0.5, 0.6) is 0 Å². The van der Waals surface area contributed by atoms with Crippen molar-refractivity contribution in [3.05, 3.63) is 60.2 Å². The first-order valence-electron chi connectivity index (χ1n) is 10.9. The van der Waals surface area contributed by atoms with Crippen LogP contribution in [0.1, 0.15) is 74.5 Å². The van der Waals surface area contributed by atoms with Crippen molar-refractivity contribution in [2.75, 3.05) is 0 Å². The van der Waals surface area contributed by atoms with Gasteiger partial charge < -0.3 is 9.88 Å². The van der Waals surface area contributed by atoms with Crippen LogP contribution in [0.2, 0.25) is 0 Å². The van der Waals surface area contributed by atoms with Crippen LogP contribution in [-0.2, 0) is 13.1 Å². The molecule has 0 saturated carbocycles. The van der Waals surface area contributed by atoms with Crippen molar-refractivity contribution in [2.45, 2.75) is 71.4 Å². The number of hydrogen-bond donors (Lipinski definition) is 1. The number of aromatic nitrogens is 3. The molecule has 1 amide bonds. The maximum Gasteiger partial charge on any atom is 0.251 e. The fraction of sp³-hybridized carbons (Fsp3) is 0.458. The molecule has 0 bridgehead atoms. The summed E-state index contributed by atoms with van der Waals surface area (Å²) in [5, 5.41) is 3.00. The quantitative estimate of drug-likeness (QED) is 0.414. The van der Waals surface area contributed by atoms with Gasteiger partial charge in [0.15, 0.2) is 0 Å². The largest absolute Gasteiger partial charge is 0.345 e. The van der Waals surface area contributed by atoms with E-state index in [1.54, 1.807) is 24.5 Å². The Morgan fingerprint density at radius 2 is 1.62 bits per heavy atom. The molecule has 3 rings (SSSR count). The van der Waals surface area contributed by atoms with Gasteiger partial charge in [0.2, 0.25) is 0 Å². The number of nitrogens with zero attached hydrogens (tertiary/aromatic N) is 3. The third-order valence-corrected chi connectivity index (χ3v) is 5.32. The second-order valence-corrected chi connectivity index (χ2v) is 7.56. The molecule has 1 N–H and O–H groups in total. The zero-order valence-corrected chi connectivity index (χ0v) is 17.4. The minimum Gasteiger partial charge on any atom is -0.345 e. The zero-order valence-electron chi connectivity index (χ0n) is 17.4. The molecule has 0 aliphatic rings. The van der Waals surface area contributed by atoms with Crippen LogP contribution >= 0.6 is 0 Å². The maximum atomic E-state index is 12.4. The summed E-state index contributed by atoms with van der Waals surface area (Å²) in [5.41, 5.74) is 2.74. The van der Waals surface area contributed by atoms with E-state index in [1.165, 1.54) is 44.9 Å². The number of benzene rings is 1. The number of para-hydroxylation sites is 2. The maximum absolute atomic E-state index is 12.4. The van der Waals surface area contributed by atoms with Crippen LogP contribution in [0.3, 0.4) is 0 Å². The SMILES string of the molecule is CCCCCCCCCCn1c(CNC(=O)c2ccncc2)nc2ccccc21. The number of unbranched alkanes of at least 4 members (excludes halogenated alkanes) is 7. The monoisotopic (exact) mass is 392 g/mol. The molecule has 0 fully saturated rings. The molecule has 0 radical (unpaired) electrons. The third-order valence-electron chi connectivity index (χ3n) is 5.32. The number of hydrogen-bond acceptors (Lipinski definition) is 3. The number of fused-ring (bicyclic) bond motifs is 1. The van der Waals surface area contributed by atoms with E-state index in [-0.39, 0.29) is 5.91 Å². The van der Waals surface area contributed by atoms with Crippen LogP contribution in [0.4, 0.5) is 0 Å². The van der Waals surface area contributed by atoms with E-state index in [4.69, 9.17) is 4.98 Å². The van der Waals surface area contributed by atoms with Gasteiger partial charge in [0, 0.05) is 24.5 Å². The number of nitrogens with one attached hydrogen (secondary N) is 1. The van der Waals surface area contributed by atoms with E-state index in [0.29, 0.717) is 12.1 Å². The van der Waals surface area contributed by atoms with Gasteiger partial charge in [-0.3, -0.25) is 9.78 Å². The summed E-state index contributed by atoms with van der Waals surface area (Å²) in [6, 6.07) is 11.6. The highest BCUT2D eigenvalue weighted by atomic mass is 16.1. The van der Waals surface area contributed by atoms with Gasteiger partial charge >= 0.3 is 0 Å². The Labute approximate surface area is 173 Å². The van der Waals surface area contributed by atoms with Gasteiger partial charge in [-0.05, 0) is 30.7 Å². The fourth-order valence-electron chi connectivity index (χ4n) is 3.68. The Hall–Kier alpha value is -2.69. The van der Waals surface area contributed by atoms with Gasteiger partial charge in [-0.2, -0.15) is 0 Å². The van der Waals surface area contributed by atoms with E-state index in [2.05, 4.69) is 27.9 Å². The van der Waals surface area contributed by atoms with E-state index in [1.807, 2.05) is 18.2 Å². The van der Waals surface area contributed by atoms with Gasteiger partial charge in [-0.1, -0.05) is 64.0 Å². The molecule has 0 spiro atoms. The molecule has 3 aromatic rings. The molecule has 0 unspecified atom stereocenters. The van der Waals surface area contributed by atoms with Crippen molar-refractivity contribution < 1.29 is 4.79 Å². The number of imidazole rings is 1. The smallest absolute Gasteiger partial charge is 0.251 e. The van der Waals surface area contributed by atoms with Gasteiger partial charge in [0.1, 0.15) is 5.82 Å². The lowest BCUT2D eigenvalue weighted by Gasteiger charge is -2.10. The highest BCUT2D eigenvalue weighted by Crippen LogP contribution is 2.18. The molecule has 29 heavy (non-hydrogen) atoms. The zero-order chi connectivity index (χ0) is 20.3. The molecule has 1 aromatic carbocycles. The molecule has 154 valence electrons.